The van der Waals surface area contributed by atoms with Crippen molar-refractivity contribution >= 4 is 35.1 Å². The van der Waals surface area contributed by atoms with Gasteiger partial charge in [-0.15, -0.1) is 0 Å². The number of rotatable bonds is 9. The molecule has 184 valence electrons. The molecule has 0 unspecified atom stereocenters. The number of anilines is 2. The van der Waals surface area contributed by atoms with E-state index >= 15 is 0 Å². The van der Waals surface area contributed by atoms with E-state index in [2.05, 4.69) is 26.7 Å². The van der Waals surface area contributed by atoms with Crippen molar-refractivity contribution in [3.63, 3.8) is 0 Å². The van der Waals surface area contributed by atoms with Crippen LogP contribution in [0.2, 0.25) is 5.02 Å². The minimum Gasteiger partial charge on any atom is -0.456 e. The number of ether oxygens (including phenoxy) is 1. The van der Waals surface area contributed by atoms with Crippen LogP contribution < -0.4 is 15.4 Å². The van der Waals surface area contributed by atoms with Crippen LogP contribution in [0.4, 0.5) is 11.5 Å². The summed E-state index contributed by atoms with van der Waals surface area (Å²) < 4.78 is 5.92. The van der Waals surface area contributed by atoms with E-state index < -0.39 is 0 Å². The first-order valence-corrected chi connectivity index (χ1v) is 12.1. The molecule has 0 radical (unpaired) electrons. The number of hydrogen-bond donors (Lipinski definition) is 2. The number of unbranched alkanes of at least 4 members (excludes halogenated alkanes) is 1. The summed E-state index contributed by atoms with van der Waals surface area (Å²) in [4.78, 5) is 20.7. The highest BCUT2D eigenvalue weighted by Gasteiger charge is 2.20. The lowest BCUT2D eigenvalue weighted by molar-refractivity contribution is -0.128. The highest BCUT2D eigenvalue weighted by Crippen LogP contribution is 2.33. The highest BCUT2D eigenvalue weighted by atomic mass is 35.5. The van der Waals surface area contributed by atoms with Crippen LogP contribution in [0.25, 0.3) is 6.08 Å². The van der Waals surface area contributed by atoms with Gasteiger partial charge in [-0.2, -0.15) is 0 Å². The lowest BCUT2D eigenvalue weighted by Crippen LogP contribution is -2.35. The third-order valence-electron chi connectivity index (χ3n) is 5.33. The van der Waals surface area contributed by atoms with E-state index in [4.69, 9.17) is 16.3 Å². The molecule has 0 aliphatic heterocycles. The number of nitrogens with zero attached hydrogens (tertiary/aromatic N) is 2. The van der Waals surface area contributed by atoms with E-state index in [1.54, 1.807) is 0 Å². The molecule has 0 spiro atoms. The quantitative estimate of drug-likeness (QED) is 0.308. The summed E-state index contributed by atoms with van der Waals surface area (Å²) in [5, 5.41) is 6.79. The van der Waals surface area contributed by atoms with Crippen LogP contribution in [-0.2, 0) is 4.79 Å². The van der Waals surface area contributed by atoms with Crippen molar-refractivity contribution in [2.45, 2.75) is 47.5 Å². The Morgan fingerprint density at radius 3 is 2.63 bits per heavy atom. The molecular formula is C28H33ClN4O2. The van der Waals surface area contributed by atoms with Crippen molar-refractivity contribution in [1.82, 2.24) is 15.3 Å². The molecule has 0 bridgehead atoms. The maximum Gasteiger partial charge on any atom is 0.225 e. The van der Waals surface area contributed by atoms with Crippen LogP contribution >= 0.6 is 11.6 Å². The van der Waals surface area contributed by atoms with Crippen molar-refractivity contribution in [3.8, 4) is 11.5 Å². The van der Waals surface area contributed by atoms with E-state index in [0.29, 0.717) is 23.1 Å². The Hall–Kier alpha value is -3.38. The van der Waals surface area contributed by atoms with Gasteiger partial charge in [0, 0.05) is 23.2 Å². The third kappa shape index (κ3) is 7.82. The fourth-order valence-electron chi connectivity index (χ4n) is 3.24. The van der Waals surface area contributed by atoms with E-state index in [9.17, 15) is 4.79 Å². The van der Waals surface area contributed by atoms with Crippen LogP contribution in [0.1, 0.15) is 50.4 Å². The molecule has 2 N–H and O–H groups in total. The Labute approximate surface area is 212 Å². The predicted octanol–water partition coefficient (Wildman–Crippen LogP) is 7.24. The standard InChI is InChI=1S/C28H33ClN4O2/c1-19-10-9-11-22(16-19)35-25-14-13-21(17-23(25)29)33-26-20(2)24(31-18-32-26)12-7-6-8-15-30-27(34)28(3,4)5/h7,9-14,16-18H,6,8,15H2,1-5H3,(H,30,34)(H,31,32,33)/b12-7-. The number of nitrogens with one attached hydrogen (secondary N) is 2. The van der Waals surface area contributed by atoms with Gasteiger partial charge in [0.1, 0.15) is 23.6 Å². The molecule has 0 aliphatic carbocycles. The maximum absolute atomic E-state index is 11.9. The van der Waals surface area contributed by atoms with Crippen molar-refractivity contribution in [2.75, 3.05) is 11.9 Å². The second-order valence-corrected chi connectivity index (χ2v) is 9.88. The molecule has 1 heterocycles. The minimum atomic E-state index is -0.365. The van der Waals surface area contributed by atoms with Crippen LogP contribution in [0.3, 0.4) is 0 Å². The summed E-state index contributed by atoms with van der Waals surface area (Å²) >= 11 is 6.48. The molecule has 0 saturated heterocycles. The summed E-state index contributed by atoms with van der Waals surface area (Å²) in [7, 11) is 0. The van der Waals surface area contributed by atoms with Crippen LogP contribution in [-0.4, -0.2) is 22.4 Å². The summed E-state index contributed by atoms with van der Waals surface area (Å²) in [5.74, 6) is 2.11. The van der Waals surface area contributed by atoms with E-state index in [1.807, 2.05) is 83.2 Å². The average Bonchev–Trinajstić information content (AvgIpc) is 2.79. The molecule has 7 heteroatoms. The van der Waals surface area contributed by atoms with Gasteiger partial charge in [-0.25, -0.2) is 9.97 Å². The van der Waals surface area contributed by atoms with Gasteiger partial charge in [0.05, 0.1) is 10.7 Å². The molecule has 0 atom stereocenters. The first kappa shape index (κ1) is 26.2. The average molecular weight is 493 g/mol. The van der Waals surface area contributed by atoms with Crippen LogP contribution in [0, 0.1) is 19.3 Å². The van der Waals surface area contributed by atoms with Crippen molar-refractivity contribution in [3.05, 3.63) is 76.7 Å². The number of aryl methyl sites for hydroxylation is 1. The number of carbonyl (C=O) groups is 1. The molecule has 1 aromatic heterocycles. The fraction of sp³-hybridized carbons (Fsp3) is 0.321. The normalized spacial score (nSPS) is 11.5. The van der Waals surface area contributed by atoms with Crippen LogP contribution in [0.5, 0.6) is 11.5 Å². The van der Waals surface area contributed by atoms with Crippen molar-refractivity contribution in [1.29, 1.82) is 0 Å². The van der Waals surface area contributed by atoms with Crippen molar-refractivity contribution < 1.29 is 9.53 Å². The van der Waals surface area contributed by atoms with Crippen molar-refractivity contribution in [2.24, 2.45) is 5.41 Å². The molecule has 6 nitrogen and oxygen atoms in total. The Balaban J connectivity index is 1.59. The number of halogens is 1. The lowest BCUT2D eigenvalue weighted by atomic mass is 9.96. The summed E-state index contributed by atoms with van der Waals surface area (Å²) in [6, 6.07) is 13.4. The summed E-state index contributed by atoms with van der Waals surface area (Å²) in [6.45, 7) is 10.4. The van der Waals surface area contributed by atoms with Gasteiger partial charge >= 0.3 is 0 Å². The molecule has 0 saturated carbocycles. The van der Waals surface area contributed by atoms with Crippen LogP contribution in [0.15, 0.2) is 54.9 Å². The van der Waals surface area contributed by atoms with Gasteiger partial charge < -0.3 is 15.4 Å². The molecule has 3 rings (SSSR count). The molecular weight excluding hydrogens is 460 g/mol. The minimum absolute atomic E-state index is 0.0682. The molecule has 2 aromatic carbocycles. The molecule has 0 aliphatic rings. The number of aromatic nitrogens is 2. The number of amides is 1. The smallest absolute Gasteiger partial charge is 0.225 e. The maximum atomic E-state index is 11.9. The topological polar surface area (TPSA) is 76.1 Å². The predicted molar refractivity (Wildman–Crippen MR) is 143 cm³/mol. The lowest BCUT2D eigenvalue weighted by Gasteiger charge is -2.17. The summed E-state index contributed by atoms with van der Waals surface area (Å²) in [5.41, 5.74) is 3.33. The number of allylic oxidation sites excluding steroid dienone is 1. The Bertz CT molecular complexity index is 1200. The second-order valence-electron chi connectivity index (χ2n) is 9.47. The van der Waals surface area contributed by atoms with E-state index in [-0.39, 0.29) is 11.3 Å². The van der Waals surface area contributed by atoms with Gasteiger partial charge in [0.2, 0.25) is 5.91 Å². The zero-order chi connectivity index (χ0) is 25.4. The molecule has 35 heavy (non-hydrogen) atoms. The van der Waals surface area contributed by atoms with Gasteiger partial charge in [0.15, 0.2) is 0 Å². The first-order valence-electron chi connectivity index (χ1n) is 11.7. The largest absolute Gasteiger partial charge is 0.456 e. The SMILES string of the molecule is Cc1cccc(Oc2ccc(Nc3ncnc(/C=C\CCCNC(=O)C(C)(C)C)c3C)cc2Cl)c1. The first-order chi connectivity index (χ1) is 16.6. The Morgan fingerprint density at radius 2 is 1.91 bits per heavy atom. The third-order valence-corrected chi connectivity index (χ3v) is 5.62. The zero-order valence-corrected chi connectivity index (χ0v) is 21.7. The Kier molecular flexibility index (Phi) is 8.88. The number of benzene rings is 2. The molecule has 1 amide bonds. The Morgan fingerprint density at radius 1 is 1.11 bits per heavy atom. The second kappa shape index (κ2) is 11.8. The zero-order valence-electron chi connectivity index (χ0n) is 21.0. The van der Waals surface area contributed by atoms with E-state index in [0.717, 1.165) is 41.1 Å². The van der Waals surface area contributed by atoms with E-state index in [1.165, 1.54) is 6.33 Å². The molecule has 3 aromatic rings. The van der Waals surface area contributed by atoms with Gasteiger partial charge in [-0.3, -0.25) is 4.79 Å². The monoisotopic (exact) mass is 492 g/mol. The number of hydrogen-bond acceptors (Lipinski definition) is 5. The summed E-state index contributed by atoms with van der Waals surface area (Å²) in [6.07, 6.45) is 7.29. The van der Waals surface area contributed by atoms with Gasteiger partial charge in [-0.1, -0.05) is 50.6 Å². The fourth-order valence-corrected chi connectivity index (χ4v) is 3.46. The molecule has 0 fully saturated rings. The number of carbonyl (C=O) groups excluding carboxylic acids is 1. The van der Waals surface area contributed by atoms with Gasteiger partial charge in [-0.05, 0) is 68.7 Å². The van der Waals surface area contributed by atoms with Gasteiger partial charge in [0.25, 0.3) is 0 Å². The highest BCUT2D eigenvalue weighted by molar-refractivity contribution is 6.32.